The summed E-state index contributed by atoms with van der Waals surface area (Å²) in [6, 6.07) is 13.5. The second kappa shape index (κ2) is 9.64. The molecule has 0 aliphatic carbocycles. The molecule has 0 bridgehead atoms. The standard InChI is InChI=1S/C22H19ClN4O2S2/c1-13-7-8-15(10-18(13)23)9-16-11-24-22(31-16)26-21(28)17-5-3-4-6-19(17)30-12-20-25-14(2)29-27-20/h3-8,10-11H,9,12H2,1-2H3,(H,24,26,28). The summed E-state index contributed by atoms with van der Waals surface area (Å²) in [7, 11) is 0. The first-order chi connectivity index (χ1) is 15.0. The van der Waals surface area contributed by atoms with Gasteiger partial charge in [0.15, 0.2) is 11.0 Å². The fraction of sp³-hybridized carbons (Fsp3) is 0.182. The van der Waals surface area contributed by atoms with E-state index in [1.165, 1.54) is 23.1 Å². The Morgan fingerprint density at radius 3 is 2.84 bits per heavy atom. The van der Waals surface area contributed by atoms with Crippen LogP contribution in [-0.4, -0.2) is 21.0 Å². The first-order valence-corrected chi connectivity index (χ1v) is 11.7. The number of hydrogen-bond donors (Lipinski definition) is 1. The monoisotopic (exact) mass is 470 g/mol. The molecule has 0 spiro atoms. The maximum absolute atomic E-state index is 12.9. The van der Waals surface area contributed by atoms with Crippen LogP contribution in [0.5, 0.6) is 0 Å². The number of rotatable bonds is 7. The van der Waals surface area contributed by atoms with Crippen LogP contribution in [0.4, 0.5) is 5.13 Å². The smallest absolute Gasteiger partial charge is 0.258 e. The van der Waals surface area contributed by atoms with Crippen LogP contribution in [0.25, 0.3) is 0 Å². The molecule has 0 aliphatic heterocycles. The highest BCUT2D eigenvalue weighted by Crippen LogP contribution is 2.28. The second-order valence-corrected chi connectivity index (χ2v) is 9.40. The first-order valence-electron chi connectivity index (χ1n) is 9.50. The molecule has 2 aromatic heterocycles. The number of thioether (sulfide) groups is 1. The Bertz CT molecular complexity index is 1220. The quantitative estimate of drug-likeness (QED) is 0.337. The predicted molar refractivity (Wildman–Crippen MR) is 124 cm³/mol. The van der Waals surface area contributed by atoms with E-state index in [2.05, 4.69) is 26.5 Å². The van der Waals surface area contributed by atoms with E-state index in [1.54, 1.807) is 19.2 Å². The van der Waals surface area contributed by atoms with Crippen LogP contribution in [0.3, 0.4) is 0 Å². The summed E-state index contributed by atoms with van der Waals surface area (Å²) in [5.74, 6) is 1.43. The van der Waals surface area contributed by atoms with Gasteiger partial charge in [-0.2, -0.15) is 4.98 Å². The Morgan fingerprint density at radius 1 is 1.23 bits per heavy atom. The normalized spacial score (nSPS) is 10.9. The third kappa shape index (κ3) is 5.52. The Kier molecular flexibility index (Phi) is 6.70. The van der Waals surface area contributed by atoms with E-state index in [0.717, 1.165) is 25.9 Å². The zero-order valence-electron chi connectivity index (χ0n) is 16.9. The van der Waals surface area contributed by atoms with Crippen molar-refractivity contribution in [3.63, 3.8) is 0 Å². The SMILES string of the molecule is Cc1nc(CSc2ccccc2C(=O)Nc2ncc(Cc3ccc(C)c(Cl)c3)s2)no1. The molecule has 2 heterocycles. The molecule has 1 amide bonds. The lowest BCUT2D eigenvalue weighted by Crippen LogP contribution is -2.12. The van der Waals surface area contributed by atoms with E-state index in [1.807, 2.05) is 37.3 Å². The number of hydrogen-bond acceptors (Lipinski definition) is 7. The van der Waals surface area contributed by atoms with Gasteiger partial charge in [0, 0.05) is 34.3 Å². The lowest BCUT2D eigenvalue weighted by atomic mass is 10.1. The highest BCUT2D eigenvalue weighted by molar-refractivity contribution is 7.98. The van der Waals surface area contributed by atoms with Gasteiger partial charge in [-0.1, -0.05) is 41.0 Å². The lowest BCUT2D eigenvalue weighted by molar-refractivity contribution is 0.102. The number of thiazole rings is 1. The number of aryl methyl sites for hydroxylation is 2. The molecule has 0 fully saturated rings. The molecule has 158 valence electrons. The Labute approximate surface area is 193 Å². The number of aromatic nitrogens is 3. The zero-order chi connectivity index (χ0) is 21.8. The average molecular weight is 471 g/mol. The summed E-state index contributed by atoms with van der Waals surface area (Å²) in [6.45, 7) is 3.73. The van der Waals surface area contributed by atoms with Crippen molar-refractivity contribution in [1.82, 2.24) is 15.1 Å². The molecule has 1 N–H and O–H groups in total. The summed E-state index contributed by atoms with van der Waals surface area (Å²) >= 11 is 9.16. The van der Waals surface area contributed by atoms with E-state index in [4.69, 9.17) is 16.1 Å². The number of carbonyl (C=O) groups excluding carboxylic acids is 1. The molecule has 0 unspecified atom stereocenters. The Hall–Kier alpha value is -2.68. The summed E-state index contributed by atoms with van der Waals surface area (Å²) in [6.07, 6.45) is 2.50. The number of benzene rings is 2. The molecule has 9 heteroatoms. The fourth-order valence-corrected chi connectivity index (χ4v) is 4.82. The first kappa shape index (κ1) is 21.5. The van der Waals surface area contributed by atoms with Gasteiger partial charge >= 0.3 is 0 Å². The van der Waals surface area contributed by atoms with Crippen LogP contribution in [0.2, 0.25) is 5.02 Å². The summed E-state index contributed by atoms with van der Waals surface area (Å²) < 4.78 is 5.00. The van der Waals surface area contributed by atoms with Gasteiger partial charge in [-0.3, -0.25) is 10.1 Å². The average Bonchev–Trinajstić information content (AvgIpc) is 3.38. The lowest BCUT2D eigenvalue weighted by Gasteiger charge is -2.07. The predicted octanol–water partition coefficient (Wildman–Crippen LogP) is 5.93. The Morgan fingerprint density at radius 2 is 2.06 bits per heavy atom. The van der Waals surface area contributed by atoms with Crippen LogP contribution in [0.1, 0.15) is 38.1 Å². The van der Waals surface area contributed by atoms with Crippen molar-refractivity contribution < 1.29 is 9.32 Å². The molecule has 0 atom stereocenters. The molecule has 6 nitrogen and oxygen atoms in total. The van der Waals surface area contributed by atoms with Gasteiger partial charge in [0.1, 0.15) is 0 Å². The van der Waals surface area contributed by atoms with Gasteiger partial charge in [-0.25, -0.2) is 4.98 Å². The molecule has 4 aromatic rings. The number of carbonyl (C=O) groups is 1. The summed E-state index contributed by atoms with van der Waals surface area (Å²) in [4.78, 5) is 23.3. The van der Waals surface area contributed by atoms with Gasteiger partial charge in [0.05, 0.1) is 11.3 Å². The highest BCUT2D eigenvalue weighted by Gasteiger charge is 2.15. The van der Waals surface area contributed by atoms with E-state index >= 15 is 0 Å². The van der Waals surface area contributed by atoms with Gasteiger partial charge in [-0.05, 0) is 36.2 Å². The third-order valence-electron chi connectivity index (χ3n) is 4.45. The molecule has 2 aromatic carbocycles. The van der Waals surface area contributed by atoms with E-state index in [0.29, 0.717) is 34.6 Å². The molecule has 0 saturated heterocycles. The van der Waals surface area contributed by atoms with Crippen LogP contribution >= 0.6 is 34.7 Å². The minimum Gasteiger partial charge on any atom is -0.340 e. The minimum absolute atomic E-state index is 0.202. The number of halogens is 1. The molecular weight excluding hydrogens is 452 g/mol. The van der Waals surface area contributed by atoms with E-state index < -0.39 is 0 Å². The number of nitrogens with one attached hydrogen (secondary N) is 1. The summed E-state index contributed by atoms with van der Waals surface area (Å²) in [5, 5.41) is 8.12. The van der Waals surface area contributed by atoms with Crippen molar-refractivity contribution in [2.24, 2.45) is 0 Å². The maximum atomic E-state index is 12.9. The van der Waals surface area contributed by atoms with Crippen molar-refractivity contribution in [3.05, 3.63) is 87.0 Å². The van der Waals surface area contributed by atoms with Crippen molar-refractivity contribution >= 4 is 45.7 Å². The van der Waals surface area contributed by atoms with Crippen molar-refractivity contribution in [2.75, 3.05) is 5.32 Å². The number of amides is 1. The largest absolute Gasteiger partial charge is 0.340 e. The molecule has 31 heavy (non-hydrogen) atoms. The second-order valence-electron chi connectivity index (χ2n) is 6.86. The maximum Gasteiger partial charge on any atom is 0.258 e. The number of nitrogens with zero attached hydrogens (tertiary/aromatic N) is 3. The van der Waals surface area contributed by atoms with E-state index in [-0.39, 0.29) is 5.91 Å². The fourth-order valence-electron chi connectivity index (χ4n) is 2.88. The van der Waals surface area contributed by atoms with Gasteiger partial charge < -0.3 is 4.52 Å². The van der Waals surface area contributed by atoms with Crippen LogP contribution in [0.15, 0.2) is 58.1 Å². The molecular formula is C22H19ClN4O2S2. The van der Waals surface area contributed by atoms with Crippen LogP contribution in [-0.2, 0) is 12.2 Å². The molecule has 0 saturated carbocycles. The van der Waals surface area contributed by atoms with Gasteiger partial charge in [-0.15, -0.1) is 23.1 Å². The highest BCUT2D eigenvalue weighted by atomic mass is 35.5. The van der Waals surface area contributed by atoms with E-state index in [9.17, 15) is 4.79 Å². The van der Waals surface area contributed by atoms with Gasteiger partial charge in [0.2, 0.25) is 5.89 Å². The van der Waals surface area contributed by atoms with Crippen molar-refractivity contribution in [2.45, 2.75) is 30.9 Å². The zero-order valence-corrected chi connectivity index (χ0v) is 19.3. The molecule has 4 rings (SSSR count). The molecule has 0 radical (unpaired) electrons. The van der Waals surface area contributed by atoms with Crippen molar-refractivity contribution in [3.8, 4) is 0 Å². The minimum atomic E-state index is -0.202. The van der Waals surface area contributed by atoms with Crippen LogP contribution < -0.4 is 5.32 Å². The van der Waals surface area contributed by atoms with Gasteiger partial charge in [0.25, 0.3) is 5.91 Å². The topological polar surface area (TPSA) is 80.9 Å². The van der Waals surface area contributed by atoms with Crippen LogP contribution in [0, 0.1) is 13.8 Å². The molecule has 0 aliphatic rings. The van der Waals surface area contributed by atoms with Crippen molar-refractivity contribution in [1.29, 1.82) is 0 Å². The Balaban J connectivity index is 1.42. The third-order valence-corrected chi connectivity index (χ3v) is 6.84. The summed E-state index contributed by atoms with van der Waals surface area (Å²) in [5.41, 5.74) is 2.74. The number of anilines is 1.